The molecule has 32 heavy (non-hydrogen) atoms. The van der Waals surface area contributed by atoms with Crippen LogP contribution >= 0.6 is 0 Å². The van der Waals surface area contributed by atoms with Crippen LogP contribution in [0.4, 0.5) is 0 Å². The van der Waals surface area contributed by atoms with Crippen molar-refractivity contribution in [3.8, 4) is 11.5 Å². The van der Waals surface area contributed by atoms with Gasteiger partial charge in [-0.3, -0.25) is 4.79 Å². The van der Waals surface area contributed by atoms with Crippen LogP contribution in [0.3, 0.4) is 0 Å². The quantitative estimate of drug-likeness (QED) is 0.315. The lowest BCUT2D eigenvalue weighted by Gasteiger charge is -2.12. The Morgan fingerprint density at radius 3 is 2.59 bits per heavy atom. The Morgan fingerprint density at radius 1 is 0.938 bits per heavy atom. The first kappa shape index (κ1) is 21.1. The number of amides is 1. The van der Waals surface area contributed by atoms with Crippen LogP contribution in [-0.2, 0) is 6.61 Å². The number of rotatable bonds is 7. The number of hydrogen-bond donors (Lipinski definition) is 1. The Balaban J connectivity index is 1.43. The molecule has 4 aromatic rings. The van der Waals surface area contributed by atoms with Gasteiger partial charge in [0.2, 0.25) is 0 Å². The highest BCUT2D eigenvalue weighted by atomic mass is 16.5. The number of fused-ring (bicyclic) bond motifs is 1. The van der Waals surface area contributed by atoms with E-state index in [1.165, 1.54) is 10.8 Å². The van der Waals surface area contributed by atoms with Gasteiger partial charge in [-0.05, 0) is 59.2 Å². The number of hydrazone groups is 1. The lowest BCUT2D eigenvalue weighted by Crippen LogP contribution is -2.17. The molecule has 1 amide bonds. The second-order valence-corrected chi connectivity index (χ2v) is 7.41. The first-order valence-corrected chi connectivity index (χ1v) is 10.3. The topological polar surface area (TPSA) is 59.9 Å². The molecule has 0 bridgehead atoms. The highest BCUT2D eigenvalue weighted by Gasteiger charge is 2.08. The van der Waals surface area contributed by atoms with Crippen LogP contribution in [0.1, 0.15) is 27.0 Å². The SMILES string of the molecule is COc1cc(/C=N/NC(=O)c2cccc(C)c2)ccc1OCc1cccc2ccccc12. The largest absolute Gasteiger partial charge is 0.493 e. The van der Waals surface area contributed by atoms with E-state index in [2.05, 4.69) is 34.8 Å². The number of nitrogens with one attached hydrogen (secondary N) is 1. The molecule has 1 N–H and O–H groups in total. The standard InChI is InChI=1S/C27H24N2O3/c1-19-7-5-10-22(15-19)27(30)29-28-17-20-13-14-25(26(16-20)31-2)32-18-23-11-6-9-21-8-3-4-12-24(21)23/h3-17H,18H2,1-2H3,(H,29,30)/b28-17+. The number of methoxy groups -OCH3 is 1. The molecule has 0 saturated heterocycles. The van der Waals surface area contributed by atoms with E-state index in [9.17, 15) is 4.79 Å². The van der Waals surface area contributed by atoms with Gasteiger partial charge in [0, 0.05) is 5.56 Å². The summed E-state index contributed by atoms with van der Waals surface area (Å²) in [5, 5.41) is 6.41. The van der Waals surface area contributed by atoms with Crippen molar-refractivity contribution in [2.75, 3.05) is 7.11 Å². The van der Waals surface area contributed by atoms with Crippen LogP contribution < -0.4 is 14.9 Å². The molecule has 0 fully saturated rings. The van der Waals surface area contributed by atoms with Gasteiger partial charge in [0.15, 0.2) is 11.5 Å². The Labute approximate surface area is 187 Å². The van der Waals surface area contributed by atoms with Crippen molar-refractivity contribution in [3.63, 3.8) is 0 Å². The van der Waals surface area contributed by atoms with Crippen LogP contribution in [0.5, 0.6) is 11.5 Å². The Bertz CT molecular complexity index is 1280. The average Bonchev–Trinajstić information content (AvgIpc) is 2.83. The fourth-order valence-electron chi connectivity index (χ4n) is 3.47. The predicted molar refractivity (Wildman–Crippen MR) is 128 cm³/mol. The van der Waals surface area contributed by atoms with E-state index in [-0.39, 0.29) is 5.91 Å². The van der Waals surface area contributed by atoms with E-state index < -0.39 is 0 Å². The normalized spacial score (nSPS) is 10.9. The highest BCUT2D eigenvalue weighted by molar-refractivity contribution is 5.95. The Hall–Kier alpha value is -4.12. The van der Waals surface area contributed by atoms with E-state index in [1.807, 2.05) is 61.5 Å². The molecule has 0 heterocycles. The molecular weight excluding hydrogens is 400 g/mol. The lowest BCUT2D eigenvalue weighted by atomic mass is 10.1. The van der Waals surface area contributed by atoms with Gasteiger partial charge in [-0.15, -0.1) is 0 Å². The zero-order chi connectivity index (χ0) is 22.3. The van der Waals surface area contributed by atoms with E-state index in [0.29, 0.717) is 23.7 Å². The highest BCUT2D eigenvalue weighted by Crippen LogP contribution is 2.29. The minimum atomic E-state index is -0.257. The molecule has 0 radical (unpaired) electrons. The smallest absolute Gasteiger partial charge is 0.271 e. The third-order valence-electron chi connectivity index (χ3n) is 5.11. The summed E-state index contributed by atoms with van der Waals surface area (Å²) in [5.41, 5.74) is 6.02. The van der Waals surface area contributed by atoms with Crippen molar-refractivity contribution < 1.29 is 14.3 Å². The fourth-order valence-corrected chi connectivity index (χ4v) is 3.47. The first-order chi connectivity index (χ1) is 15.6. The minimum Gasteiger partial charge on any atom is -0.493 e. The number of nitrogens with zero attached hydrogens (tertiary/aromatic N) is 1. The van der Waals surface area contributed by atoms with Gasteiger partial charge in [0.1, 0.15) is 6.61 Å². The minimum absolute atomic E-state index is 0.257. The third-order valence-corrected chi connectivity index (χ3v) is 5.11. The summed E-state index contributed by atoms with van der Waals surface area (Å²) in [4.78, 5) is 12.2. The van der Waals surface area contributed by atoms with Gasteiger partial charge in [0.25, 0.3) is 5.91 Å². The third kappa shape index (κ3) is 4.95. The number of benzene rings is 4. The molecule has 4 aromatic carbocycles. The molecule has 0 atom stereocenters. The second kappa shape index (κ2) is 9.79. The van der Waals surface area contributed by atoms with Crippen molar-refractivity contribution in [1.29, 1.82) is 0 Å². The number of hydrogen-bond acceptors (Lipinski definition) is 4. The van der Waals surface area contributed by atoms with Gasteiger partial charge in [-0.25, -0.2) is 5.43 Å². The van der Waals surface area contributed by atoms with E-state index in [1.54, 1.807) is 19.4 Å². The van der Waals surface area contributed by atoms with Gasteiger partial charge in [-0.1, -0.05) is 60.2 Å². The maximum absolute atomic E-state index is 12.2. The molecule has 5 nitrogen and oxygen atoms in total. The lowest BCUT2D eigenvalue weighted by molar-refractivity contribution is 0.0955. The van der Waals surface area contributed by atoms with Crippen molar-refractivity contribution >= 4 is 22.9 Å². The monoisotopic (exact) mass is 424 g/mol. The fraction of sp³-hybridized carbons (Fsp3) is 0.111. The summed E-state index contributed by atoms with van der Waals surface area (Å²) in [6, 6.07) is 27.3. The molecule has 5 heteroatoms. The van der Waals surface area contributed by atoms with Crippen molar-refractivity contribution in [2.24, 2.45) is 5.10 Å². The maximum Gasteiger partial charge on any atom is 0.271 e. The van der Waals surface area contributed by atoms with Crippen molar-refractivity contribution in [3.05, 3.63) is 107 Å². The Morgan fingerprint density at radius 2 is 1.75 bits per heavy atom. The molecule has 160 valence electrons. The van der Waals surface area contributed by atoms with Gasteiger partial charge in [0.05, 0.1) is 13.3 Å². The molecular formula is C27H24N2O3. The maximum atomic E-state index is 12.2. The summed E-state index contributed by atoms with van der Waals surface area (Å²) < 4.78 is 11.5. The molecule has 0 saturated carbocycles. The van der Waals surface area contributed by atoms with Crippen LogP contribution in [0.25, 0.3) is 10.8 Å². The zero-order valence-electron chi connectivity index (χ0n) is 18.0. The molecule has 0 aliphatic carbocycles. The predicted octanol–water partition coefficient (Wildman–Crippen LogP) is 5.50. The average molecular weight is 425 g/mol. The van der Waals surface area contributed by atoms with Crippen molar-refractivity contribution in [2.45, 2.75) is 13.5 Å². The number of carbonyl (C=O) groups excluding carboxylic acids is 1. The van der Waals surface area contributed by atoms with E-state index in [0.717, 1.165) is 16.7 Å². The van der Waals surface area contributed by atoms with Crippen LogP contribution in [-0.4, -0.2) is 19.2 Å². The molecule has 0 unspecified atom stereocenters. The Kier molecular flexibility index (Phi) is 6.46. The summed E-state index contributed by atoms with van der Waals surface area (Å²) in [5.74, 6) is 0.979. The number of ether oxygens (including phenoxy) is 2. The van der Waals surface area contributed by atoms with E-state index in [4.69, 9.17) is 9.47 Å². The van der Waals surface area contributed by atoms with Crippen LogP contribution in [0.2, 0.25) is 0 Å². The second-order valence-electron chi connectivity index (χ2n) is 7.41. The van der Waals surface area contributed by atoms with Gasteiger partial charge < -0.3 is 9.47 Å². The number of carbonyl (C=O) groups is 1. The van der Waals surface area contributed by atoms with Crippen LogP contribution in [0.15, 0.2) is 90.0 Å². The van der Waals surface area contributed by atoms with Gasteiger partial charge in [-0.2, -0.15) is 5.10 Å². The first-order valence-electron chi connectivity index (χ1n) is 10.3. The molecule has 4 rings (SSSR count). The molecule has 0 aliphatic rings. The number of aryl methyl sites for hydroxylation is 1. The zero-order valence-corrected chi connectivity index (χ0v) is 18.0. The summed E-state index contributed by atoms with van der Waals surface area (Å²) in [6.45, 7) is 2.37. The van der Waals surface area contributed by atoms with Crippen molar-refractivity contribution in [1.82, 2.24) is 5.43 Å². The summed E-state index contributed by atoms with van der Waals surface area (Å²) in [7, 11) is 1.60. The molecule has 0 aliphatic heterocycles. The summed E-state index contributed by atoms with van der Waals surface area (Å²) >= 11 is 0. The van der Waals surface area contributed by atoms with Crippen LogP contribution in [0, 0.1) is 6.92 Å². The van der Waals surface area contributed by atoms with Gasteiger partial charge >= 0.3 is 0 Å². The van der Waals surface area contributed by atoms with E-state index >= 15 is 0 Å². The molecule has 0 spiro atoms. The molecule has 0 aromatic heterocycles. The summed E-state index contributed by atoms with van der Waals surface area (Å²) in [6.07, 6.45) is 1.57.